The number of aromatic hydroxyl groups is 1. The average Bonchev–Trinajstić information content (AvgIpc) is 2.92. The summed E-state index contributed by atoms with van der Waals surface area (Å²) in [5, 5.41) is 10.6. The molecule has 0 fully saturated rings. The van der Waals surface area contributed by atoms with Crippen molar-refractivity contribution in [3.63, 3.8) is 0 Å². The Morgan fingerprint density at radius 3 is 1.03 bits per heavy atom. The molecule has 0 saturated carbocycles. The summed E-state index contributed by atoms with van der Waals surface area (Å²) >= 11 is 0. The molecule has 36 heavy (non-hydrogen) atoms. The smallest absolute Gasteiger partial charge is 0.200 e. The molecule has 0 amide bonds. The lowest BCUT2D eigenvalue weighted by molar-refractivity contribution is 0.338. The Hall–Kier alpha value is -4.14. The molecule has 0 aliphatic rings. The minimum Gasteiger partial charge on any atom is -0.502 e. The quantitative estimate of drug-likeness (QED) is 0.378. The Morgan fingerprint density at radius 1 is 0.417 bits per heavy atom. The van der Waals surface area contributed by atoms with Crippen LogP contribution in [0.5, 0.6) is 51.7 Å². The molecule has 3 aromatic carbocycles. The summed E-state index contributed by atoms with van der Waals surface area (Å²) in [4.78, 5) is 0. The second-order valence-corrected chi connectivity index (χ2v) is 7.61. The van der Waals surface area contributed by atoms with Crippen LogP contribution < -0.4 is 37.9 Å². The molecule has 0 radical (unpaired) electrons. The predicted octanol–water partition coefficient (Wildman–Crippen LogP) is 4.64. The number of hydrogen-bond acceptors (Lipinski definition) is 9. The maximum Gasteiger partial charge on any atom is 0.200 e. The maximum absolute atomic E-state index is 10.6. The third-order valence-electron chi connectivity index (χ3n) is 5.93. The standard InChI is InChI=1S/C27H32O9/c1-29-18-13-22(33-5)20(31-3)11-16(18)26(15-9-24(35-7)27(28)25(10-15)36-8)17-12-21(32-4)23(34-6)14-19(17)30-2/h9-14,26,28H,1-8H3. The van der Waals surface area contributed by atoms with Crippen LogP contribution in [0.3, 0.4) is 0 Å². The van der Waals surface area contributed by atoms with Gasteiger partial charge in [-0.25, -0.2) is 0 Å². The number of benzene rings is 3. The number of methoxy groups -OCH3 is 8. The topological polar surface area (TPSA) is 94.1 Å². The summed E-state index contributed by atoms with van der Waals surface area (Å²) in [7, 11) is 12.3. The summed E-state index contributed by atoms with van der Waals surface area (Å²) in [6.07, 6.45) is 0. The van der Waals surface area contributed by atoms with Gasteiger partial charge in [-0.05, 0) is 29.8 Å². The van der Waals surface area contributed by atoms with E-state index >= 15 is 0 Å². The van der Waals surface area contributed by atoms with Crippen LogP contribution in [-0.4, -0.2) is 62.0 Å². The minimum atomic E-state index is -0.516. The molecule has 0 heterocycles. The van der Waals surface area contributed by atoms with E-state index < -0.39 is 5.92 Å². The highest BCUT2D eigenvalue weighted by Crippen LogP contribution is 2.50. The number of rotatable bonds is 11. The van der Waals surface area contributed by atoms with Crippen molar-refractivity contribution in [3.8, 4) is 51.7 Å². The Kier molecular flexibility index (Phi) is 8.47. The van der Waals surface area contributed by atoms with Gasteiger partial charge in [0.05, 0.1) is 56.9 Å². The second kappa shape index (κ2) is 11.5. The molecule has 0 spiro atoms. The summed E-state index contributed by atoms with van der Waals surface area (Å²) < 4.78 is 44.6. The van der Waals surface area contributed by atoms with Crippen LogP contribution in [0.25, 0.3) is 0 Å². The van der Waals surface area contributed by atoms with Gasteiger partial charge in [-0.1, -0.05) is 0 Å². The van der Waals surface area contributed by atoms with Crippen molar-refractivity contribution in [1.82, 2.24) is 0 Å². The second-order valence-electron chi connectivity index (χ2n) is 7.61. The van der Waals surface area contributed by atoms with Crippen molar-refractivity contribution in [2.75, 3.05) is 56.9 Å². The molecular weight excluding hydrogens is 468 g/mol. The lowest BCUT2D eigenvalue weighted by atomic mass is 9.83. The SMILES string of the molecule is COc1cc(OC)c(C(c2cc(OC)c(O)c(OC)c2)c2cc(OC)c(OC)cc2OC)cc1OC. The molecule has 0 aromatic heterocycles. The Balaban J connectivity index is 2.47. The maximum atomic E-state index is 10.6. The van der Waals surface area contributed by atoms with E-state index in [4.69, 9.17) is 37.9 Å². The fourth-order valence-electron chi connectivity index (χ4n) is 4.16. The van der Waals surface area contributed by atoms with Gasteiger partial charge in [0.2, 0.25) is 5.75 Å². The van der Waals surface area contributed by atoms with Gasteiger partial charge >= 0.3 is 0 Å². The molecule has 9 nitrogen and oxygen atoms in total. The van der Waals surface area contributed by atoms with E-state index in [2.05, 4.69) is 0 Å². The van der Waals surface area contributed by atoms with Gasteiger partial charge in [-0.2, -0.15) is 0 Å². The zero-order valence-electron chi connectivity index (χ0n) is 21.8. The third kappa shape index (κ3) is 4.82. The van der Waals surface area contributed by atoms with Crippen LogP contribution in [0.2, 0.25) is 0 Å². The zero-order valence-corrected chi connectivity index (χ0v) is 21.8. The van der Waals surface area contributed by atoms with Gasteiger partial charge in [0, 0.05) is 29.2 Å². The molecule has 9 heteroatoms. The molecule has 3 rings (SSSR count). The molecule has 0 unspecified atom stereocenters. The molecule has 0 aliphatic heterocycles. The molecule has 0 saturated heterocycles. The van der Waals surface area contributed by atoms with Gasteiger partial charge in [-0.3, -0.25) is 0 Å². The van der Waals surface area contributed by atoms with Gasteiger partial charge in [-0.15, -0.1) is 0 Å². The van der Waals surface area contributed by atoms with Gasteiger partial charge in [0.25, 0.3) is 0 Å². The largest absolute Gasteiger partial charge is 0.502 e. The summed E-state index contributed by atoms with van der Waals surface area (Å²) in [5.74, 6) is 2.99. The molecule has 194 valence electrons. The number of phenols is 1. The summed E-state index contributed by atoms with van der Waals surface area (Å²) in [6.45, 7) is 0. The first-order valence-electron chi connectivity index (χ1n) is 11.0. The van der Waals surface area contributed by atoms with Crippen LogP contribution in [0.4, 0.5) is 0 Å². The summed E-state index contributed by atoms with van der Waals surface area (Å²) in [6, 6.07) is 10.6. The van der Waals surface area contributed by atoms with Crippen molar-refractivity contribution in [1.29, 1.82) is 0 Å². The van der Waals surface area contributed by atoms with E-state index in [1.165, 1.54) is 14.2 Å². The van der Waals surface area contributed by atoms with Crippen molar-refractivity contribution in [3.05, 3.63) is 53.1 Å². The normalized spacial score (nSPS) is 10.6. The Morgan fingerprint density at radius 2 is 0.722 bits per heavy atom. The zero-order chi connectivity index (χ0) is 26.4. The van der Waals surface area contributed by atoms with E-state index in [1.807, 2.05) is 12.1 Å². The highest BCUT2D eigenvalue weighted by Gasteiger charge is 2.29. The molecule has 1 N–H and O–H groups in total. The third-order valence-corrected chi connectivity index (χ3v) is 5.93. The monoisotopic (exact) mass is 500 g/mol. The van der Waals surface area contributed by atoms with Crippen LogP contribution in [-0.2, 0) is 0 Å². The number of hydrogen-bond donors (Lipinski definition) is 1. The average molecular weight is 501 g/mol. The molecule has 0 bridgehead atoms. The Labute approximate surface area is 211 Å². The van der Waals surface area contributed by atoms with Crippen molar-refractivity contribution >= 4 is 0 Å². The lowest BCUT2D eigenvalue weighted by Gasteiger charge is -2.26. The van der Waals surface area contributed by atoms with Crippen molar-refractivity contribution < 1.29 is 43.0 Å². The molecule has 3 aromatic rings. The predicted molar refractivity (Wildman–Crippen MR) is 134 cm³/mol. The van der Waals surface area contributed by atoms with Crippen molar-refractivity contribution in [2.45, 2.75) is 5.92 Å². The number of ether oxygens (including phenoxy) is 8. The fraction of sp³-hybridized carbons (Fsp3) is 0.333. The van der Waals surface area contributed by atoms with E-state index in [-0.39, 0.29) is 17.2 Å². The summed E-state index contributed by atoms with van der Waals surface area (Å²) in [5.41, 5.74) is 2.18. The van der Waals surface area contributed by atoms with E-state index in [1.54, 1.807) is 66.9 Å². The van der Waals surface area contributed by atoms with E-state index in [0.29, 0.717) is 34.5 Å². The van der Waals surface area contributed by atoms with Crippen molar-refractivity contribution in [2.24, 2.45) is 0 Å². The Bertz CT molecular complexity index is 1120. The van der Waals surface area contributed by atoms with Crippen LogP contribution in [0.1, 0.15) is 22.6 Å². The van der Waals surface area contributed by atoms with Crippen LogP contribution in [0, 0.1) is 0 Å². The van der Waals surface area contributed by atoms with Gasteiger partial charge in [0.1, 0.15) is 11.5 Å². The highest BCUT2D eigenvalue weighted by atomic mass is 16.5. The van der Waals surface area contributed by atoms with Crippen LogP contribution in [0.15, 0.2) is 36.4 Å². The fourth-order valence-corrected chi connectivity index (χ4v) is 4.16. The van der Waals surface area contributed by atoms with E-state index in [0.717, 1.165) is 16.7 Å². The minimum absolute atomic E-state index is 0.110. The number of phenolic OH excluding ortho intramolecular Hbond substituents is 1. The first-order chi connectivity index (χ1) is 17.4. The van der Waals surface area contributed by atoms with E-state index in [9.17, 15) is 5.11 Å². The van der Waals surface area contributed by atoms with Crippen LogP contribution >= 0.6 is 0 Å². The molecule has 0 aliphatic carbocycles. The molecule has 0 atom stereocenters. The van der Waals surface area contributed by atoms with Gasteiger partial charge in [0.15, 0.2) is 34.5 Å². The first kappa shape index (κ1) is 26.5. The first-order valence-corrected chi connectivity index (χ1v) is 11.0. The lowest BCUT2D eigenvalue weighted by Crippen LogP contribution is -2.10. The van der Waals surface area contributed by atoms with Gasteiger partial charge < -0.3 is 43.0 Å². The highest BCUT2D eigenvalue weighted by molar-refractivity contribution is 5.64. The molecular formula is C27H32O9.